The molecule has 0 aromatic heterocycles. The van der Waals surface area contributed by atoms with Gasteiger partial charge in [0.05, 0.1) is 30.2 Å². The van der Waals surface area contributed by atoms with E-state index in [4.69, 9.17) is 9.47 Å². The van der Waals surface area contributed by atoms with E-state index < -0.39 is 52.1 Å². The van der Waals surface area contributed by atoms with Crippen molar-refractivity contribution in [1.29, 1.82) is 0 Å². The summed E-state index contributed by atoms with van der Waals surface area (Å²) in [5, 5.41) is 0. The fraction of sp³-hybridized carbons (Fsp3) is 0.500. The molecular formula is C26H28F6N2O4S. The van der Waals surface area contributed by atoms with Crippen LogP contribution in [0.5, 0.6) is 0 Å². The molecule has 2 aliphatic heterocycles. The zero-order valence-electron chi connectivity index (χ0n) is 21.1. The summed E-state index contributed by atoms with van der Waals surface area (Å²) in [7, 11) is -1.18. The summed E-state index contributed by atoms with van der Waals surface area (Å²) in [6.45, 7) is 1.88. The molecule has 39 heavy (non-hydrogen) atoms. The summed E-state index contributed by atoms with van der Waals surface area (Å²) < 4.78 is 103. The van der Waals surface area contributed by atoms with Crippen molar-refractivity contribution in [3.8, 4) is 0 Å². The quantitative estimate of drug-likeness (QED) is 0.390. The van der Waals surface area contributed by atoms with Gasteiger partial charge in [0.1, 0.15) is 11.7 Å². The van der Waals surface area contributed by atoms with Crippen LogP contribution in [0.1, 0.15) is 41.2 Å². The Labute approximate surface area is 224 Å². The lowest BCUT2D eigenvalue weighted by molar-refractivity contribution is -0.138. The lowest BCUT2D eigenvalue weighted by Gasteiger charge is -2.37. The van der Waals surface area contributed by atoms with E-state index in [0.717, 1.165) is 24.3 Å². The number of hydrogen-bond donors (Lipinski definition) is 0. The van der Waals surface area contributed by atoms with Crippen LogP contribution in [-0.2, 0) is 32.6 Å². The lowest BCUT2D eigenvalue weighted by Crippen LogP contribution is -2.47. The predicted molar refractivity (Wildman–Crippen MR) is 131 cm³/mol. The van der Waals surface area contributed by atoms with E-state index in [1.165, 1.54) is 35.4 Å². The second-order valence-electron chi connectivity index (χ2n) is 9.79. The van der Waals surface area contributed by atoms with Gasteiger partial charge in [-0.15, -0.1) is 0 Å². The van der Waals surface area contributed by atoms with Gasteiger partial charge < -0.3 is 14.4 Å². The molecule has 2 aromatic carbocycles. The molecule has 1 spiro atoms. The van der Waals surface area contributed by atoms with Gasteiger partial charge in [-0.1, -0.05) is 24.3 Å². The number of carbonyl (C=O) groups is 1. The number of nitrogens with zero attached hydrogens (tertiary/aromatic N) is 2. The van der Waals surface area contributed by atoms with Crippen LogP contribution in [0.15, 0.2) is 48.5 Å². The van der Waals surface area contributed by atoms with E-state index in [9.17, 15) is 35.3 Å². The Balaban J connectivity index is 1.44. The molecule has 0 bridgehead atoms. The molecule has 2 saturated heterocycles. The topological polar surface area (TPSA) is 59.1 Å². The molecule has 1 amide bonds. The Morgan fingerprint density at radius 1 is 0.974 bits per heavy atom. The van der Waals surface area contributed by atoms with Crippen LogP contribution in [0.25, 0.3) is 0 Å². The van der Waals surface area contributed by atoms with E-state index in [2.05, 4.69) is 0 Å². The molecule has 0 N–H and O–H groups in total. The van der Waals surface area contributed by atoms with E-state index in [1.807, 2.05) is 4.90 Å². The standard InChI is InChI=1S/C26H28F6N2O4S/c1-39(36)17-34-16-24(38-23(34)35)8-10-33(11-9-24)12-13-37-22(18-4-2-6-20(14-18)25(27,28)29)19-5-3-7-21(15-19)26(30,31)32/h2-7,14-15,22H,8-13,16-17H2,1H3. The molecule has 6 nitrogen and oxygen atoms in total. The summed E-state index contributed by atoms with van der Waals surface area (Å²) in [4.78, 5) is 15.6. The van der Waals surface area contributed by atoms with E-state index >= 15 is 0 Å². The summed E-state index contributed by atoms with van der Waals surface area (Å²) in [5.41, 5.74) is -2.32. The van der Waals surface area contributed by atoms with Crippen molar-refractivity contribution in [2.45, 2.75) is 36.9 Å². The third-order valence-electron chi connectivity index (χ3n) is 6.87. The fourth-order valence-corrected chi connectivity index (χ4v) is 5.53. The highest BCUT2D eigenvalue weighted by Crippen LogP contribution is 2.37. The molecule has 0 saturated carbocycles. The number of piperidine rings is 1. The zero-order chi connectivity index (χ0) is 28.4. The number of rotatable bonds is 8. The Morgan fingerprint density at radius 3 is 2.00 bits per heavy atom. The molecule has 13 heteroatoms. The first-order chi connectivity index (χ1) is 18.3. The van der Waals surface area contributed by atoms with Crippen LogP contribution < -0.4 is 0 Å². The largest absolute Gasteiger partial charge is 0.441 e. The molecule has 1 atom stereocenters. The van der Waals surface area contributed by atoms with Gasteiger partial charge in [0.15, 0.2) is 0 Å². The summed E-state index contributed by atoms with van der Waals surface area (Å²) >= 11 is 0. The van der Waals surface area contributed by atoms with Gasteiger partial charge in [0, 0.05) is 49.5 Å². The van der Waals surface area contributed by atoms with Gasteiger partial charge in [0.2, 0.25) is 0 Å². The van der Waals surface area contributed by atoms with Gasteiger partial charge >= 0.3 is 18.4 Å². The molecule has 2 fully saturated rings. The Morgan fingerprint density at radius 2 is 1.51 bits per heavy atom. The fourth-order valence-electron chi connectivity index (χ4n) is 4.90. The van der Waals surface area contributed by atoms with Crippen LogP contribution in [-0.4, -0.2) is 70.6 Å². The summed E-state index contributed by atoms with van der Waals surface area (Å²) in [6, 6.07) is 8.76. The third kappa shape index (κ3) is 7.31. The van der Waals surface area contributed by atoms with Crippen molar-refractivity contribution in [2.75, 3.05) is 44.9 Å². The maximum absolute atomic E-state index is 13.3. The van der Waals surface area contributed by atoms with Gasteiger partial charge in [-0.05, 0) is 35.4 Å². The van der Waals surface area contributed by atoms with Crippen LogP contribution in [0.3, 0.4) is 0 Å². The van der Waals surface area contributed by atoms with Gasteiger partial charge in [0.25, 0.3) is 0 Å². The highest BCUT2D eigenvalue weighted by atomic mass is 32.2. The first kappa shape index (κ1) is 29.3. The van der Waals surface area contributed by atoms with Crippen LogP contribution in [0, 0.1) is 0 Å². The third-order valence-corrected chi connectivity index (χ3v) is 7.55. The van der Waals surface area contributed by atoms with Crippen molar-refractivity contribution in [2.24, 2.45) is 0 Å². The number of halogens is 6. The van der Waals surface area contributed by atoms with Crippen molar-refractivity contribution in [3.63, 3.8) is 0 Å². The second kappa shape index (κ2) is 11.5. The molecule has 2 heterocycles. The lowest BCUT2D eigenvalue weighted by atomic mass is 9.91. The first-order valence-electron chi connectivity index (χ1n) is 12.2. The predicted octanol–water partition coefficient (Wildman–Crippen LogP) is 5.45. The summed E-state index contributed by atoms with van der Waals surface area (Å²) in [5.74, 6) is 0.102. The Kier molecular flexibility index (Phi) is 8.62. The monoisotopic (exact) mass is 578 g/mol. The summed E-state index contributed by atoms with van der Waals surface area (Å²) in [6.07, 6.45) is -8.30. The number of ether oxygens (including phenoxy) is 2. The number of benzene rings is 2. The van der Waals surface area contributed by atoms with Gasteiger partial charge in [-0.3, -0.25) is 9.11 Å². The molecular weight excluding hydrogens is 550 g/mol. The van der Waals surface area contributed by atoms with Crippen molar-refractivity contribution in [1.82, 2.24) is 9.80 Å². The highest BCUT2D eigenvalue weighted by molar-refractivity contribution is 7.84. The number of hydrogen-bond acceptors (Lipinski definition) is 5. The molecule has 1 unspecified atom stereocenters. The van der Waals surface area contributed by atoms with Crippen LogP contribution in [0.2, 0.25) is 0 Å². The molecule has 2 aliphatic rings. The van der Waals surface area contributed by atoms with Crippen molar-refractivity contribution in [3.05, 3.63) is 70.8 Å². The number of likely N-dealkylation sites (tertiary alicyclic amines) is 1. The van der Waals surface area contributed by atoms with Crippen LogP contribution >= 0.6 is 0 Å². The van der Waals surface area contributed by atoms with Gasteiger partial charge in [-0.25, -0.2) is 4.79 Å². The minimum atomic E-state index is -4.62. The normalized spacial score (nSPS) is 19.1. The number of carbonyl (C=O) groups excluding carboxylic acids is 1. The van der Waals surface area contributed by atoms with Crippen molar-refractivity contribution < 1.29 is 44.8 Å². The molecule has 2 aromatic rings. The number of amides is 1. The molecule has 4 rings (SSSR count). The highest BCUT2D eigenvalue weighted by Gasteiger charge is 2.47. The average Bonchev–Trinajstić information content (AvgIpc) is 3.15. The minimum Gasteiger partial charge on any atom is -0.441 e. The minimum absolute atomic E-state index is 0.0465. The van der Waals surface area contributed by atoms with Crippen molar-refractivity contribution >= 4 is 16.9 Å². The molecule has 0 radical (unpaired) electrons. The van der Waals surface area contributed by atoms with E-state index in [1.54, 1.807) is 0 Å². The second-order valence-corrected chi connectivity index (χ2v) is 11.2. The maximum Gasteiger partial charge on any atom is 0.416 e. The average molecular weight is 579 g/mol. The maximum atomic E-state index is 13.3. The first-order valence-corrected chi connectivity index (χ1v) is 13.9. The smallest absolute Gasteiger partial charge is 0.416 e. The van der Waals surface area contributed by atoms with Gasteiger partial charge in [-0.2, -0.15) is 26.3 Å². The molecule has 214 valence electrons. The molecule has 0 aliphatic carbocycles. The van der Waals surface area contributed by atoms with E-state index in [-0.39, 0.29) is 23.6 Å². The van der Waals surface area contributed by atoms with E-state index in [0.29, 0.717) is 39.0 Å². The Hall–Kier alpha value is -2.64. The zero-order valence-corrected chi connectivity index (χ0v) is 21.9. The SMILES string of the molecule is CS(=O)CN1CC2(CCN(CCOC(c3cccc(C(F)(F)F)c3)c3cccc(C(F)(F)F)c3)CC2)OC1=O. The number of alkyl halides is 6. The Bertz CT molecular complexity index is 1140. The van der Waals surface area contributed by atoms with Crippen LogP contribution in [0.4, 0.5) is 31.1 Å².